The summed E-state index contributed by atoms with van der Waals surface area (Å²) in [6.07, 6.45) is 8.33. The summed E-state index contributed by atoms with van der Waals surface area (Å²) >= 11 is 0. The van der Waals surface area contributed by atoms with Crippen molar-refractivity contribution in [3.8, 4) is 0 Å². The van der Waals surface area contributed by atoms with Gasteiger partial charge >= 0.3 is 0 Å². The highest BCUT2D eigenvalue weighted by Gasteiger charge is 2.49. The largest absolute Gasteiger partial charge is 0.328 e. The van der Waals surface area contributed by atoms with Crippen molar-refractivity contribution in [2.75, 3.05) is 6.54 Å². The number of amides is 2. The highest BCUT2D eigenvalue weighted by molar-refractivity contribution is 6.05. The van der Waals surface area contributed by atoms with Crippen molar-refractivity contribution in [2.24, 2.45) is 17.6 Å². The predicted molar refractivity (Wildman–Crippen MR) is 69.6 cm³/mol. The highest BCUT2D eigenvalue weighted by Crippen LogP contribution is 2.36. The Morgan fingerprint density at radius 3 is 2.28 bits per heavy atom. The summed E-state index contributed by atoms with van der Waals surface area (Å²) in [7, 11) is 0. The molecule has 2 N–H and O–H groups in total. The van der Waals surface area contributed by atoms with Gasteiger partial charge in [0.2, 0.25) is 11.8 Å². The van der Waals surface area contributed by atoms with Gasteiger partial charge in [-0.1, -0.05) is 31.9 Å². The van der Waals surface area contributed by atoms with E-state index < -0.39 is 0 Å². The van der Waals surface area contributed by atoms with E-state index in [-0.39, 0.29) is 29.7 Å². The number of imide groups is 1. The molecule has 0 radical (unpaired) electrons. The maximum absolute atomic E-state index is 12.3. The number of carbonyl (C=O) groups is 2. The average Bonchev–Trinajstić information content (AvgIpc) is 2.65. The number of allylic oxidation sites excluding steroid dienone is 2. The van der Waals surface area contributed by atoms with Crippen LogP contribution in [0, 0.1) is 11.8 Å². The van der Waals surface area contributed by atoms with E-state index in [0.717, 1.165) is 19.3 Å². The van der Waals surface area contributed by atoms with Crippen LogP contribution < -0.4 is 5.73 Å². The Kier molecular flexibility index (Phi) is 4.17. The second-order valence-electron chi connectivity index (χ2n) is 5.23. The summed E-state index contributed by atoms with van der Waals surface area (Å²) in [5, 5.41) is 0. The Morgan fingerprint density at radius 2 is 1.83 bits per heavy atom. The fraction of sp³-hybridized carbons (Fsp3) is 0.714. The fourth-order valence-corrected chi connectivity index (χ4v) is 2.98. The third-order valence-corrected chi connectivity index (χ3v) is 4.07. The topological polar surface area (TPSA) is 63.4 Å². The van der Waals surface area contributed by atoms with Gasteiger partial charge in [0.05, 0.1) is 17.9 Å². The van der Waals surface area contributed by atoms with E-state index in [4.69, 9.17) is 5.73 Å². The van der Waals surface area contributed by atoms with Gasteiger partial charge in [0.15, 0.2) is 0 Å². The fourth-order valence-electron chi connectivity index (χ4n) is 2.98. The molecule has 1 aliphatic heterocycles. The molecule has 18 heavy (non-hydrogen) atoms. The average molecular weight is 250 g/mol. The molecule has 100 valence electrons. The number of rotatable bonds is 5. The van der Waals surface area contributed by atoms with Crippen molar-refractivity contribution in [1.29, 1.82) is 0 Å². The van der Waals surface area contributed by atoms with Crippen molar-refractivity contribution in [2.45, 2.75) is 45.1 Å². The molecule has 1 saturated heterocycles. The van der Waals surface area contributed by atoms with Gasteiger partial charge in [-0.05, 0) is 19.3 Å². The summed E-state index contributed by atoms with van der Waals surface area (Å²) in [5.74, 6) is -0.252. The minimum absolute atomic E-state index is 0.000836. The zero-order valence-electron chi connectivity index (χ0n) is 11.0. The first-order valence-electron chi connectivity index (χ1n) is 6.92. The molecule has 0 saturated carbocycles. The van der Waals surface area contributed by atoms with Gasteiger partial charge < -0.3 is 5.73 Å². The zero-order valence-corrected chi connectivity index (χ0v) is 11.0. The molecule has 3 unspecified atom stereocenters. The first-order chi connectivity index (χ1) is 8.70. The first kappa shape index (κ1) is 13.3. The van der Waals surface area contributed by atoms with E-state index in [1.54, 1.807) is 0 Å². The summed E-state index contributed by atoms with van der Waals surface area (Å²) < 4.78 is 0. The van der Waals surface area contributed by atoms with Crippen LogP contribution in [0.5, 0.6) is 0 Å². The van der Waals surface area contributed by atoms with Crippen molar-refractivity contribution in [1.82, 2.24) is 4.90 Å². The Balaban J connectivity index is 2.13. The maximum atomic E-state index is 12.3. The molecule has 0 aromatic carbocycles. The second-order valence-corrected chi connectivity index (χ2v) is 5.23. The van der Waals surface area contributed by atoms with Gasteiger partial charge in [-0.3, -0.25) is 14.5 Å². The van der Waals surface area contributed by atoms with E-state index >= 15 is 0 Å². The number of unbranched alkanes of at least 4 members (excludes halogenated alkanes) is 1. The van der Waals surface area contributed by atoms with Gasteiger partial charge in [0.25, 0.3) is 0 Å². The molecular weight excluding hydrogens is 228 g/mol. The van der Waals surface area contributed by atoms with Crippen molar-refractivity contribution in [3.05, 3.63) is 12.2 Å². The molecule has 1 fully saturated rings. The molecule has 2 amide bonds. The van der Waals surface area contributed by atoms with Gasteiger partial charge in [0.1, 0.15) is 0 Å². The predicted octanol–water partition coefficient (Wildman–Crippen LogP) is 1.46. The number of carbonyl (C=O) groups excluding carboxylic acids is 2. The minimum atomic E-state index is -0.127. The third-order valence-electron chi connectivity index (χ3n) is 4.07. The second kappa shape index (κ2) is 5.65. The molecule has 1 heterocycles. The Labute approximate surface area is 108 Å². The van der Waals surface area contributed by atoms with Crippen LogP contribution >= 0.6 is 0 Å². The van der Waals surface area contributed by atoms with Gasteiger partial charge in [-0.15, -0.1) is 0 Å². The van der Waals surface area contributed by atoms with Crippen LogP contribution in [0.25, 0.3) is 0 Å². The lowest BCUT2D eigenvalue weighted by molar-refractivity contribution is -0.142. The zero-order chi connectivity index (χ0) is 13.1. The molecule has 1 aliphatic carbocycles. The molecule has 4 nitrogen and oxygen atoms in total. The van der Waals surface area contributed by atoms with Crippen LogP contribution in [-0.2, 0) is 9.59 Å². The summed E-state index contributed by atoms with van der Waals surface area (Å²) in [6, 6.07) is -0.101. The number of nitrogens with two attached hydrogens (primary N) is 1. The molecule has 3 atom stereocenters. The van der Waals surface area contributed by atoms with E-state index in [9.17, 15) is 9.59 Å². The molecule has 4 heteroatoms. The molecule has 0 aromatic rings. The molecule has 2 rings (SSSR count). The monoisotopic (exact) mass is 250 g/mol. The first-order valence-corrected chi connectivity index (χ1v) is 6.92. The van der Waals surface area contributed by atoms with Crippen LogP contribution in [0.2, 0.25) is 0 Å². The quantitative estimate of drug-likeness (QED) is 0.593. The smallest absolute Gasteiger partial charge is 0.233 e. The van der Waals surface area contributed by atoms with Crippen LogP contribution in [0.15, 0.2) is 12.2 Å². The normalized spacial score (nSPS) is 28.7. The molecular formula is C14H22N2O2. The van der Waals surface area contributed by atoms with Gasteiger partial charge in [-0.2, -0.15) is 0 Å². The third kappa shape index (κ3) is 2.21. The summed E-state index contributed by atoms with van der Waals surface area (Å²) in [6.45, 7) is 2.48. The lowest BCUT2D eigenvalue weighted by atomic mass is 9.85. The van der Waals surface area contributed by atoms with Gasteiger partial charge in [-0.25, -0.2) is 0 Å². The molecule has 0 bridgehead atoms. The van der Waals surface area contributed by atoms with Crippen LogP contribution in [-0.4, -0.2) is 29.3 Å². The van der Waals surface area contributed by atoms with Gasteiger partial charge in [0, 0.05) is 6.54 Å². The Hall–Kier alpha value is -1.16. The van der Waals surface area contributed by atoms with Crippen molar-refractivity contribution < 1.29 is 9.59 Å². The van der Waals surface area contributed by atoms with E-state index in [1.165, 1.54) is 4.90 Å². The van der Waals surface area contributed by atoms with E-state index in [2.05, 4.69) is 6.92 Å². The number of fused-ring (bicyclic) bond motifs is 1. The van der Waals surface area contributed by atoms with Crippen molar-refractivity contribution in [3.63, 3.8) is 0 Å². The van der Waals surface area contributed by atoms with E-state index in [0.29, 0.717) is 19.4 Å². The van der Waals surface area contributed by atoms with Crippen LogP contribution in [0.4, 0.5) is 0 Å². The summed E-state index contributed by atoms with van der Waals surface area (Å²) in [4.78, 5) is 26.1. The van der Waals surface area contributed by atoms with Crippen LogP contribution in [0.3, 0.4) is 0 Å². The SMILES string of the molecule is CCCCC(CN)N1C(=O)C2CC=CCC2C1=O. The Morgan fingerprint density at radius 1 is 1.28 bits per heavy atom. The highest BCUT2D eigenvalue weighted by atomic mass is 16.2. The van der Waals surface area contributed by atoms with Crippen LogP contribution in [0.1, 0.15) is 39.0 Å². The summed E-state index contributed by atoms with van der Waals surface area (Å²) in [5.41, 5.74) is 5.75. The molecule has 0 aromatic heterocycles. The number of hydrogen-bond acceptors (Lipinski definition) is 3. The maximum Gasteiger partial charge on any atom is 0.233 e. The Bertz CT molecular complexity index is 339. The molecule has 0 spiro atoms. The number of likely N-dealkylation sites (tertiary alicyclic amines) is 1. The standard InChI is InChI=1S/C14H22N2O2/c1-2-3-6-10(9-15)16-13(17)11-7-4-5-8-12(11)14(16)18/h4-5,10-12H,2-3,6-9,15H2,1H3. The number of nitrogens with zero attached hydrogens (tertiary/aromatic N) is 1. The minimum Gasteiger partial charge on any atom is -0.328 e. The van der Waals surface area contributed by atoms with Crippen molar-refractivity contribution >= 4 is 11.8 Å². The lowest BCUT2D eigenvalue weighted by Crippen LogP contribution is -2.45. The number of hydrogen-bond donors (Lipinski definition) is 1. The van der Waals surface area contributed by atoms with E-state index in [1.807, 2.05) is 12.2 Å². The molecule has 2 aliphatic rings. The lowest BCUT2D eigenvalue weighted by Gasteiger charge is -2.25.